The van der Waals surface area contributed by atoms with Gasteiger partial charge in [0.05, 0.1) is 19.1 Å². The predicted molar refractivity (Wildman–Crippen MR) is 137 cm³/mol. The van der Waals surface area contributed by atoms with E-state index in [4.69, 9.17) is 4.74 Å². The van der Waals surface area contributed by atoms with Crippen molar-refractivity contribution in [2.24, 2.45) is 0 Å². The van der Waals surface area contributed by atoms with E-state index in [-0.39, 0.29) is 18.5 Å². The first-order valence-corrected chi connectivity index (χ1v) is 13.8. The summed E-state index contributed by atoms with van der Waals surface area (Å²) in [5.74, 6) is -0.0589. The third kappa shape index (κ3) is 7.21. The molecule has 1 aliphatic carbocycles. The summed E-state index contributed by atoms with van der Waals surface area (Å²) in [5.41, 5.74) is 1.22. The lowest BCUT2D eigenvalue weighted by Gasteiger charge is -2.33. The van der Waals surface area contributed by atoms with Crippen molar-refractivity contribution in [1.29, 1.82) is 0 Å². The minimum absolute atomic E-state index is 0.122. The van der Waals surface area contributed by atoms with Crippen LogP contribution in [0.15, 0.2) is 54.6 Å². The van der Waals surface area contributed by atoms with Gasteiger partial charge in [-0.2, -0.15) is 0 Å². The lowest BCUT2D eigenvalue weighted by molar-refractivity contribution is -0.140. The molecule has 35 heavy (non-hydrogen) atoms. The van der Waals surface area contributed by atoms with E-state index in [1.165, 1.54) is 12.0 Å². The van der Waals surface area contributed by atoms with Crippen molar-refractivity contribution in [2.75, 3.05) is 24.2 Å². The number of carbonyl (C=O) groups excluding carboxylic acids is 2. The minimum atomic E-state index is -3.77. The molecule has 1 saturated carbocycles. The summed E-state index contributed by atoms with van der Waals surface area (Å²) in [6.45, 7) is 1.66. The zero-order chi connectivity index (χ0) is 25.4. The average molecular weight is 502 g/mol. The Hall–Kier alpha value is -3.07. The maximum absolute atomic E-state index is 13.7. The second kappa shape index (κ2) is 12.1. The molecule has 0 aliphatic heterocycles. The summed E-state index contributed by atoms with van der Waals surface area (Å²) in [6.07, 6.45) is 5.52. The van der Waals surface area contributed by atoms with Crippen LogP contribution in [0.3, 0.4) is 0 Å². The van der Waals surface area contributed by atoms with E-state index >= 15 is 0 Å². The van der Waals surface area contributed by atoms with Crippen molar-refractivity contribution in [3.8, 4) is 5.75 Å². The van der Waals surface area contributed by atoms with E-state index in [0.29, 0.717) is 17.9 Å². The van der Waals surface area contributed by atoms with Crippen LogP contribution in [-0.4, -0.2) is 57.1 Å². The Morgan fingerprint density at radius 3 is 2.23 bits per heavy atom. The number of carbonyl (C=O) groups is 2. The van der Waals surface area contributed by atoms with Gasteiger partial charge >= 0.3 is 0 Å². The molecule has 0 aromatic heterocycles. The Labute approximate surface area is 208 Å². The van der Waals surface area contributed by atoms with E-state index < -0.39 is 28.5 Å². The highest BCUT2D eigenvalue weighted by molar-refractivity contribution is 7.92. The van der Waals surface area contributed by atoms with E-state index in [0.717, 1.165) is 41.8 Å². The Morgan fingerprint density at radius 2 is 1.69 bits per heavy atom. The molecule has 0 spiro atoms. The van der Waals surface area contributed by atoms with Gasteiger partial charge in [-0.25, -0.2) is 8.42 Å². The standard InChI is InChI=1S/C26H35N3O5S/c1-4-24(26(31)27-21-12-8-9-13-21)28(18-20-10-6-5-7-11-20)25(30)19-29(35(3,32)33)22-14-16-23(34-2)17-15-22/h5-7,10-11,14-17,21,24H,4,8-9,12-13,18-19H2,1-3H3,(H,27,31)/t24-/m0/s1. The molecule has 1 atom stereocenters. The van der Waals surface area contributed by atoms with Gasteiger partial charge in [0.1, 0.15) is 18.3 Å². The van der Waals surface area contributed by atoms with Gasteiger partial charge < -0.3 is 15.0 Å². The van der Waals surface area contributed by atoms with Gasteiger partial charge in [-0.05, 0) is 49.1 Å². The lowest BCUT2D eigenvalue weighted by atomic mass is 10.1. The summed E-state index contributed by atoms with van der Waals surface area (Å²) >= 11 is 0. The molecule has 8 nitrogen and oxygen atoms in total. The first-order chi connectivity index (χ1) is 16.7. The van der Waals surface area contributed by atoms with Crippen molar-refractivity contribution in [2.45, 2.75) is 57.7 Å². The quantitative estimate of drug-likeness (QED) is 0.510. The number of nitrogens with one attached hydrogen (secondary N) is 1. The van der Waals surface area contributed by atoms with Crippen molar-refractivity contribution in [3.63, 3.8) is 0 Å². The number of sulfonamides is 1. The first kappa shape index (κ1) is 26.5. The van der Waals surface area contributed by atoms with Crippen LogP contribution < -0.4 is 14.4 Å². The molecule has 2 aromatic carbocycles. The van der Waals surface area contributed by atoms with Crippen molar-refractivity contribution >= 4 is 27.5 Å². The Bertz CT molecular complexity index is 1080. The fourth-order valence-electron chi connectivity index (χ4n) is 4.43. The van der Waals surface area contributed by atoms with Crippen LogP contribution in [0.4, 0.5) is 5.69 Å². The second-order valence-electron chi connectivity index (χ2n) is 8.89. The first-order valence-electron chi connectivity index (χ1n) is 12.0. The summed E-state index contributed by atoms with van der Waals surface area (Å²) in [6, 6.07) is 15.3. The molecular formula is C26H35N3O5S. The van der Waals surface area contributed by atoms with Crippen LogP contribution >= 0.6 is 0 Å². The van der Waals surface area contributed by atoms with Crippen LogP contribution in [0.25, 0.3) is 0 Å². The highest BCUT2D eigenvalue weighted by Crippen LogP contribution is 2.23. The van der Waals surface area contributed by atoms with Gasteiger partial charge in [-0.1, -0.05) is 50.1 Å². The number of hydrogen-bond donors (Lipinski definition) is 1. The van der Waals surface area contributed by atoms with Gasteiger partial charge in [-0.3, -0.25) is 13.9 Å². The second-order valence-corrected chi connectivity index (χ2v) is 10.8. The van der Waals surface area contributed by atoms with E-state index in [1.54, 1.807) is 24.3 Å². The van der Waals surface area contributed by atoms with Crippen LogP contribution in [0, 0.1) is 0 Å². The van der Waals surface area contributed by atoms with Crippen LogP contribution in [0.1, 0.15) is 44.6 Å². The lowest BCUT2D eigenvalue weighted by Crippen LogP contribution is -2.53. The van der Waals surface area contributed by atoms with Crippen LogP contribution in [-0.2, 0) is 26.2 Å². The van der Waals surface area contributed by atoms with E-state index in [9.17, 15) is 18.0 Å². The molecule has 1 aliphatic rings. The fraction of sp³-hybridized carbons (Fsp3) is 0.462. The molecular weight excluding hydrogens is 466 g/mol. The van der Waals surface area contributed by atoms with Gasteiger partial charge in [0.15, 0.2) is 0 Å². The third-order valence-corrected chi connectivity index (χ3v) is 7.46. The highest BCUT2D eigenvalue weighted by Gasteiger charge is 2.33. The molecule has 190 valence electrons. The summed E-state index contributed by atoms with van der Waals surface area (Å²) in [5, 5.41) is 3.10. The molecule has 2 aromatic rings. The summed E-state index contributed by atoms with van der Waals surface area (Å²) < 4.78 is 31.5. The maximum atomic E-state index is 13.7. The normalized spacial score (nSPS) is 14.8. The monoisotopic (exact) mass is 501 g/mol. The number of amides is 2. The summed E-state index contributed by atoms with van der Waals surface area (Å²) in [4.78, 5) is 28.4. The zero-order valence-electron chi connectivity index (χ0n) is 20.6. The number of ether oxygens (including phenoxy) is 1. The fourth-order valence-corrected chi connectivity index (χ4v) is 5.28. The van der Waals surface area contributed by atoms with Gasteiger partial charge in [0.25, 0.3) is 0 Å². The molecule has 0 heterocycles. The molecule has 2 amide bonds. The van der Waals surface area contributed by atoms with Gasteiger partial charge in [0.2, 0.25) is 21.8 Å². The van der Waals surface area contributed by atoms with Gasteiger partial charge in [0, 0.05) is 12.6 Å². The molecule has 9 heteroatoms. The smallest absolute Gasteiger partial charge is 0.244 e. The van der Waals surface area contributed by atoms with E-state index in [1.807, 2.05) is 37.3 Å². The molecule has 0 unspecified atom stereocenters. The Morgan fingerprint density at radius 1 is 1.06 bits per heavy atom. The van der Waals surface area contributed by atoms with Crippen molar-refractivity contribution in [3.05, 3.63) is 60.2 Å². The topological polar surface area (TPSA) is 96.0 Å². The molecule has 1 fully saturated rings. The molecule has 3 rings (SSSR count). The minimum Gasteiger partial charge on any atom is -0.497 e. The Kier molecular flexibility index (Phi) is 9.14. The molecule has 1 N–H and O–H groups in total. The number of hydrogen-bond acceptors (Lipinski definition) is 5. The van der Waals surface area contributed by atoms with Crippen LogP contribution in [0.2, 0.25) is 0 Å². The SMILES string of the molecule is CC[C@@H](C(=O)NC1CCCC1)N(Cc1ccccc1)C(=O)CN(c1ccc(OC)cc1)S(C)(=O)=O. The van der Waals surface area contributed by atoms with Gasteiger partial charge in [-0.15, -0.1) is 0 Å². The highest BCUT2D eigenvalue weighted by atomic mass is 32.2. The molecule has 0 saturated heterocycles. The predicted octanol–water partition coefficient (Wildman–Crippen LogP) is 3.33. The van der Waals surface area contributed by atoms with E-state index in [2.05, 4.69) is 5.32 Å². The zero-order valence-corrected chi connectivity index (χ0v) is 21.5. The Balaban J connectivity index is 1.89. The number of anilines is 1. The number of benzene rings is 2. The third-order valence-electron chi connectivity index (χ3n) is 6.32. The average Bonchev–Trinajstić information content (AvgIpc) is 3.35. The number of methoxy groups -OCH3 is 1. The maximum Gasteiger partial charge on any atom is 0.244 e. The largest absolute Gasteiger partial charge is 0.497 e. The van der Waals surface area contributed by atoms with Crippen LogP contribution in [0.5, 0.6) is 5.75 Å². The summed E-state index contributed by atoms with van der Waals surface area (Å²) in [7, 11) is -2.24. The van der Waals surface area contributed by atoms with Crippen molar-refractivity contribution < 1.29 is 22.7 Å². The van der Waals surface area contributed by atoms with Crippen molar-refractivity contribution in [1.82, 2.24) is 10.2 Å². The molecule has 0 bridgehead atoms. The number of rotatable bonds is 11. The molecule has 0 radical (unpaired) electrons. The number of nitrogens with zero attached hydrogens (tertiary/aromatic N) is 2.